The molecule has 41 heavy (non-hydrogen) atoms. The summed E-state index contributed by atoms with van der Waals surface area (Å²) in [5, 5.41) is 0. The molecule has 7 nitrogen and oxygen atoms in total. The normalized spacial score (nSPS) is 10.8. The molecule has 0 atom stereocenters. The van der Waals surface area contributed by atoms with Crippen molar-refractivity contribution in [3.63, 3.8) is 0 Å². The number of hydrogen-bond acceptors (Lipinski definition) is 7. The number of anilines is 2. The van der Waals surface area contributed by atoms with Gasteiger partial charge >= 0.3 is 0 Å². The van der Waals surface area contributed by atoms with Crippen LogP contribution in [0.15, 0.2) is 95.4 Å². The Morgan fingerprint density at radius 1 is 0.659 bits per heavy atom. The Hall–Kier alpha value is -4.91. The molecule has 4 aromatic carbocycles. The fraction of sp³-hybridized carbons (Fsp3) is 0.206. The molecule has 210 valence electrons. The molecule has 0 N–H and O–H groups in total. The molecular weight excluding hydrogens is 514 g/mol. The number of rotatable bonds is 10. The van der Waals surface area contributed by atoms with Crippen LogP contribution in [0.3, 0.4) is 0 Å². The first-order valence-electron chi connectivity index (χ1n) is 13.4. The van der Waals surface area contributed by atoms with Gasteiger partial charge in [0.05, 0.1) is 14.2 Å². The summed E-state index contributed by atoms with van der Waals surface area (Å²) in [4.78, 5) is 9.12. The van der Waals surface area contributed by atoms with E-state index in [0.29, 0.717) is 41.1 Å². The first kappa shape index (κ1) is 27.6. The second-order valence-corrected chi connectivity index (χ2v) is 10.1. The zero-order valence-electron chi connectivity index (χ0n) is 24.3. The van der Waals surface area contributed by atoms with Crippen LogP contribution in [0.4, 0.5) is 11.4 Å². The van der Waals surface area contributed by atoms with E-state index < -0.39 is 0 Å². The van der Waals surface area contributed by atoms with E-state index in [2.05, 4.69) is 58.3 Å². The molecule has 1 heterocycles. The summed E-state index contributed by atoms with van der Waals surface area (Å²) in [5.41, 5.74) is 6.62. The molecule has 1 aromatic heterocycles. The molecule has 5 aromatic rings. The zero-order chi connectivity index (χ0) is 28.9. The van der Waals surface area contributed by atoms with Crippen LogP contribution in [0, 0.1) is 0 Å². The fourth-order valence-electron chi connectivity index (χ4n) is 4.54. The molecule has 0 amide bonds. The predicted molar refractivity (Wildman–Crippen MR) is 165 cm³/mol. The number of benzene rings is 4. The Bertz CT molecular complexity index is 1500. The van der Waals surface area contributed by atoms with Gasteiger partial charge < -0.3 is 28.4 Å². The van der Waals surface area contributed by atoms with Gasteiger partial charge in [0.2, 0.25) is 11.6 Å². The smallest absolute Gasteiger partial charge is 0.227 e. The van der Waals surface area contributed by atoms with E-state index in [-0.39, 0.29) is 0 Å². The van der Waals surface area contributed by atoms with E-state index >= 15 is 0 Å². The lowest BCUT2D eigenvalue weighted by molar-refractivity contribution is 0.266. The minimum atomic E-state index is 0.381. The second-order valence-electron chi connectivity index (χ2n) is 10.1. The van der Waals surface area contributed by atoms with Gasteiger partial charge in [-0.25, -0.2) is 4.98 Å². The number of ether oxygens (including phenoxy) is 3. The zero-order valence-corrected chi connectivity index (χ0v) is 24.3. The molecule has 0 bridgehead atoms. The number of hydrogen-bond donors (Lipinski definition) is 0. The largest absolute Gasteiger partial charge is 0.493 e. The van der Waals surface area contributed by atoms with Crippen LogP contribution in [-0.2, 0) is 6.61 Å². The molecule has 0 saturated heterocycles. The van der Waals surface area contributed by atoms with E-state index in [1.165, 1.54) is 0 Å². The van der Waals surface area contributed by atoms with Gasteiger partial charge in [0.15, 0.2) is 17.3 Å². The Morgan fingerprint density at radius 3 is 1.71 bits per heavy atom. The van der Waals surface area contributed by atoms with E-state index in [9.17, 15) is 0 Å². The SMILES string of the molecule is COc1cc(-c2nc(-c3ccc(N(C)C)cc3)c(-c3ccc(N(C)C)cc3)o2)cc(OC)c1OCc1ccccc1. The van der Waals surface area contributed by atoms with E-state index in [4.69, 9.17) is 23.6 Å². The van der Waals surface area contributed by atoms with E-state index in [0.717, 1.165) is 33.8 Å². The first-order valence-corrected chi connectivity index (χ1v) is 13.4. The third-order valence-electron chi connectivity index (χ3n) is 6.86. The summed E-state index contributed by atoms with van der Waals surface area (Å²) >= 11 is 0. The molecule has 7 heteroatoms. The summed E-state index contributed by atoms with van der Waals surface area (Å²) in [5.74, 6) is 2.72. The second kappa shape index (κ2) is 12.1. The maximum absolute atomic E-state index is 6.50. The van der Waals surface area contributed by atoms with Gasteiger partial charge in [0.1, 0.15) is 12.3 Å². The van der Waals surface area contributed by atoms with Gasteiger partial charge in [-0.1, -0.05) is 42.5 Å². The summed E-state index contributed by atoms with van der Waals surface area (Å²) in [6.07, 6.45) is 0. The highest BCUT2D eigenvalue weighted by atomic mass is 16.5. The number of methoxy groups -OCH3 is 2. The molecule has 0 aliphatic heterocycles. The van der Waals surface area contributed by atoms with Crippen molar-refractivity contribution in [3.05, 3.63) is 96.6 Å². The van der Waals surface area contributed by atoms with Crippen molar-refractivity contribution >= 4 is 11.4 Å². The predicted octanol–water partition coefficient (Wildman–Crippen LogP) is 7.40. The van der Waals surface area contributed by atoms with Gasteiger partial charge in [-0.3, -0.25) is 0 Å². The highest BCUT2D eigenvalue weighted by Gasteiger charge is 2.22. The molecule has 0 fully saturated rings. The first-order chi connectivity index (χ1) is 19.9. The molecule has 0 saturated carbocycles. The molecule has 0 unspecified atom stereocenters. The number of oxazole rings is 1. The summed E-state index contributed by atoms with van der Waals surface area (Å²) in [6.45, 7) is 0.381. The summed E-state index contributed by atoms with van der Waals surface area (Å²) in [6, 6.07) is 30.2. The van der Waals surface area contributed by atoms with Crippen molar-refractivity contribution in [2.75, 3.05) is 52.2 Å². The van der Waals surface area contributed by atoms with Crippen LogP contribution in [0.5, 0.6) is 17.2 Å². The van der Waals surface area contributed by atoms with Crippen LogP contribution >= 0.6 is 0 Å². The third-order valence-corrected chi connectivity index (χ3v) is 6.86. The lowest BCUT2D eigenvalue weighted by Gasteiger charge is -2.15. The monoisotopic (exact) mass is 549 g/mol. The van der Waals surface area contributed by atoms with Gasteiger partial charge in [-0.05, 0) is 54.1 Å². The van der Waals surface area contributed by atoms with Crippen molar-refractivity contribution in [2.45, 2.75) is 6.61 Å². The van der Waals surface area contributed by atoms with Gasteiger partial charge in [0, 0.05) is 56.3 Å². The standard InChI is InChI=1S/C34H35N3O4/c1-36(2)27-16-12-24(13-17-27)31-32(25-14-18-28(19-15-25)37(3)4)41-34(35-31)26-20-29(38-5)33(30(21-26)39-6)40-22-23-10-8-7-9-11-23/h7-21H,22H2,1-6H3. The fourth-order valence-corrected chi connectivity index (χ4v) is 4.54. The molecule has 5 rings (SSSR count). The highest BCUT2D eigenvalue weighted by Crippen LogP contribution is 2.44. The van der Waals surface area contributed by atoms with Gasteiger partial charge in [0.25, 0.3) is 0 Å². The molecule has 0 spiro atoms. The van der Waals surface area contributed by atoms with Crippen LogP contribution in [-0.4, -0.2) is 47.4 Å². The Labute approximate surface area is 241 Å². The highest BCUT2D eigenvalue weighted by molar-refractivity contribution is 5.81. The minimum absolute atomic E-state index is 0.381. The molecular formula is C34H35N3O4. The topological polar surface area (TPSA) is 60.2 Å². The summed E-state index contributed by atoms with van der Waals surface area (Å²) < 4.78 is 24.1. The van der Waals surface area contributed by atoms with Crippen LogP contribution in [0.1, 0.15) is 5.56 Å². The van der Waals surface area contributed by atoms with Crippen molar-refractivity contribution in [2.24, 2.45) is 0 Å². The van der Waals surface area contributed by atoms with Crippen LogP contribution in [0.25, 0.3) is 34.0 Å². The Balaban J connectivity index is 1.58. The summed E-state index contributed by atoms with van der Waals surface area (Å²) in [7, 11) is 11.3. The van der Waals surface area contributed by atoms with Crippen molar-refractivity contribution < 1.29 is 18.6 Å². The number of nitrogens with zero attached hydrogens (tertiary/aromatic N) is 3. The van der Waals surface area contributed by atoms with Crippen molar-refractivity contribution in [1.82, 2.24) is 4.98 Å². The lowest BCUT2D eigenvalue weighted by Crippen LogP contribution is -2.08. The third kappa shape index (κ3) is 5.99. The molecule has 0 aliphatic carbocycles. The number of aromatic nitrogens is 1. The maximum atomic E-state index is 6.50. The lowest BCUT2D eigenvalue weighted by atomic mass is 10.0. The van der Waals surface area contributed by atoms with Crippen LogP contribution < -0.4 is 24.0 Å². The Kier molecular flexibility index (Phi) is 8.15. The van der Waals surface area contributed by atoms with Gasteiger partial charge in [-0.15, -0.1) is 0 Å². The van der Waals surface area contributed by atoms with E-state index in [1.807, 2.05) is 70.7 Å². The van der Waals surface area contributed by atoms with Gasteiger partial charge in [-0.2, -0.15) is 0 Å². The van der Waals surface area contributed by atoms with Crippen LogP contribution in [0.2, 0.25) is 0 Å². The van der Waals surface area contributed by atoms with Crippen molar-refractivity contribution in [1.29, 1.82) is 0 Å². The quantitative estimate of drug-likeness (QED) is 0.180. The Morgan fingerprint density at radius 2 is 1.20 bits per heavy atom. The van der Waals surface area contributed by atoms with Crippen molar-refractivity contribution in [3.8, 4) is 51.3 Å². The van der Waals surface area contributed by atoms with E-state index in [1.54, 1.807) is 14.2 Å². The molecule has 0 aliphatic rings. The minimum Gasteiger partial charge on any atom is -0.493 e. The maximum Gasteiger partial charge on any atom is 0.227 e. The molecule has 0 radical (unpaired) electrons. The average molecular weight is 550 g/mol. The average Bonchev–Trinajstić information content (AvgIpc) is 3.46.